The molecule has 4 aromatic carbocycles. The standard InChI is InChI=1S/C27H25NO3/c1-17-9-11-19(12-10-17)22-14-21(27(29)28-24-8-6-5-7-18(24)2)13-20-15-25(30-3)26(31-4)16-23(20)22/h5-16H,1-4H3,(H,28,29). The van der Waals surface area contributed by atoms with Crippen LogP contribution in [0.1, 0.15) is 21.5 Å². The zero-order valence-corrected chi connectivity index (χ0v) is 18.2. The van der Waals surface area contributed by atoms with E-state index in [0.717, 1.165) is 33.2 Å². The second-order valence-electron chi connectivity index (χ2n) is 7.59. The maximum atomic E-state index is 13.2. The molecule has 0 radical (unpaired) electrons. The predicted octanol–water partition coefficient (Wildman–Crippen LogP) is 6.39. The van der Waals surface area contributed by atoms with Crippen LogP contribution in [0.15, 0.2) is 72.8 Å². The zero-order chi connectivity index (χ0) is 22.0. The third-order valence-electron chi connectivity index (χ3n) is 5.47. The number of anilines is 1. The first kappa shape index (κ1) is 20.5. The van der Waals surface area contributed by atoms with E-state index in [-0.39, 0.29) is 5.91 Å². The van der Waals surface area contributed by atoms with Gasteiger partial charge >= 0.3 is 0 Å². The third kappa shape index (κ3) is 4.10. The minimum atomic E-state index is -0.153. The van der Waals surface area contributed by atoms with Crippen molar-refractivity contribution in [3.05, 3.63) is 89.5 Å². The zero-order valence-electron chi connectivity index (χ0n) is 18.2. The molecule has 1 amide bonds. The number of methoxy groups -OCH3 is 2. The van der Waals surface area contributed by atoms with E-state index < -0.39 is 0 Å². The van der Waals surface area contributed by atoms with E-state index in [0.29, 0.717) is 17.1 Å². The number of nitrogens with one attached hydrogen (secondary N) is 1. The van der Waals surface area contributed by atoms with Crippen LogP contribution in [0.3, 0.4) is 0 Å². The summed E-state index contributed by atoms with van der Waals surface area (Å²) >= 11 is 0. The van der Waals surface area contributed by atoms with Crippen LogP contribution < -0.4 is 14.8 Å². The summed E-state index contributed by atoms with van der Waals surface area (Å²) in [6.07, 6.45) is 0. The Bertz CT molecular complexity index is 1260. The van der Waals surface area contributed by atoms with Gasteiger partial charge in [-0.3, -0.25) is 4.79 Å². The fraction of sp³-hybridized carbons (Fsp3) is 0.148. The number of benzene rings is 4. The number of carbonyl (C=O) groups is 1. The second-order valence-corrected chi connectivity index (χ2v) is 7.59. The van der Waals surface area contributed by atoms with Crippen molar-refractivity contribution in [1.29, 1.82) is 0 Å². The Morgan fingerprint density at radius 3 is 2.16 bits per heavy atom. The molecule has 4 nitrogen and oxygen atoms in total. The number of para-hydroxylation sites is 1. The summed E-state index contributed by atoms with van der Waals surface area (Å²) in [6, 6.07) is 23.7. The predicted molar refractivity (Wildman–Crippen MR) is 126 cm³/mol. The molecule has 0 spiro atoms. The van der Waals surface area contributed by atoms with E-state index in [9.17, 15) is 4.79 Å². The molecule has 4 aromatic rings. The van der Waals surface area contributed by atoms with Crippen molar-refractivity contribution in [2.45, 2.75) is 13.8 Å². The molecule has 156 valence electrons. The van der Waals surface area contributed by atoms with Gasteiger partial charge in [0.1, 0.15) is 0 Å². The highest BCUT2D eigenvalue weighted by Crippen LogP contribution is 2.38. The molecule has 0 bridgehead atoms. The van der Waals surface area contributed by atoms with Gasteiger partial charge in [-0.15, -0.1) is 0 Å². The topological polar surface area (TPSA) is 47.6 Å². The lowest BCUT2D eigenvalue weighted by Gasteiger charge is -2.15. The molecular formula is C27H25NO3. The Balaban J connectivity index is 1.89. The Kier molecular flexibility index (Phi) is 5.63. The van der Waals surface area contributed by atoms with Crippen molar-refractivity contribution < 1.29 is 14.3 Å². The van der Waals surface area contributed by atoms with E-state index in [1.807, 2.05) is 55.5 Å². The van der Waals surface area contributed by atoms with Gasteiger partial charge < -0.3 is 14.8 Å². The van der Waals surface area contributed by atoms with Crippen molar-refractivity contribution in [1.82, 2.24) is 0 Å². The van der Waals surface area contributed by atoms with E-state index in [1.165, 1.54) is 5.56 Å². The monoisotopic (exact) mass is 411 g/mol. The average Bonchev–Trinajstić information content (AvgIpc) is 2.79. The summed E-state index contributed by atoms with van der Waals surface area (Å²) in [7, 11) is 3.23. The molecule has 1 N–H and O–H groups in total. The molecule has 31 heavy (non-hydrogen) atoms. The van der Waals surface area contributed by atoms with E-state index >= 15 is 0 Å². The fourth-order valence-electron chi connectivity index (χ4n) is 3.70. The van der Waals surface area contributed by atoms with E-state index in [1.54, 1.807) is 14.2 Å². The molecular weight excluding hydrogens is 386 g/mol. The Hall–Kier alpha value is -3.79. The number of ether oxygens (including phenoxy) is 2. The van der Waals surface area contributed by atoms with Gasteiger partial charge in [-0.2, -0.15) is 0 Å². The molecule has 0 aromatic heterocycles. The summed E-state index contributed by atoms with van der Waals surface area (Å²) in [5, 5.41) is 4.94. The Morgan fingerprint density at radius 1 is 0.806 bits per heavy atom. The number of carbonyl (C=O) groups excluding carboxylic acids is 1. The molecule has 0 atom stereocenters. The summed E-state index contributed by atoms with van der Waals surface area (Å²) in [4.78, 5) is 13.2. The Labute approximate surface area is 182 Å². The highest BCUT2D eigenvalue weighted by molar-refractivity contribution is 6.10. The number of aryl methyl sites for hydroxylation is 2. The maximum Gasteiger partial charge on any atom is 0.255 e. The molecule has 0 saturated carbocycles. The van der Waals surface area contributed by atoms with Crippen LogP contribution in [0.5, 0.6) is 11.5 Å². The van der Waals surface area contributed by atoms with Gasteiger partial charge in [0.05, 0.1) is 14.2 Å². The van der Waals surface area contributed by atoms with Crippen molar-refractivity contribution >= 4 is 22.4 Å². The first-order chi connectivity index (χ1) is 15.0. The van der Waals surface area contributed by atoms with Gasteiger partial charge in [0.15, 0.2) is 11.5 Å². The van der Waals surface area contributed by atoms with Gasteiger partial charge in [-0.25, -0.2) is 0 Å². The summed E-state index contributed by atoms with van der Waals surface area (Å²) in [5.74, 6) is 1.13. The molecule has 0 aliphatic heterocycles. The van der Waals surface area contributed by atoms with Crippen LogP contribution in [0.4, 0.5) is 5.69 Å². The normalized spacial score (nSPS) is 10.7. The van der Waals surface area contributed by atoms with Gasteiger partial charge in [-0.05, 0) is 71.6 Å². The molecule has 4 heteroatoms. The number of hydrogen-bond acceptors (Lipinski definition) is 3. The number of amides is 1. The molecule has 0 saturated heterocycles. The number of fused-ring (bicyclic) bond motifs is 1. The number of hydrogen-bond donors (Lipinski definition) is 1. The van der Waals surface area contributed by atoms with Gasteiger partial charge in [-0.1, -0.05) is 48.0 Å². The van der Waals surface area contributed by atoms with Crippen LogP contribution in [-0.4, -0.2) is 20.1 Å². The second kappa shape index (κ2) is 8.52. The van der Waals surface area contributed by atoms with Crippen molar-refractivity contribution in [3.63, 3.8) is 0 Å². The van der Waals surface area contributed by atoms with E-state index in [2.05, 4.69) is 36.5 Å². The fourth-order valence-corrected chi connectivity index (χ4v) is 3.70. The molecule has 0 heterocycles. The van der Waals surface area contributed by atoms with Crippen LogP contribution in [0, 0.1) is 13.8 Å². The first-order valence-electron chi connectivity index (χ1n) is 10.1. The van der Waals surface area contributed by atoms with Crippen LogP contribution >= 0.6 is 0 Å². The van der Waals surface area contributed by atoms with Crippen molar-refractivity contribution in [3.8, 4) is 22.6 Å². The molecule has 0 unspecified atom stereocenters. The maximum absolute atomic E-state index is 13.2. The Morgan fingerprint density at radius 2 is 1.48 bits per heavy atom. The first-order valence-corrected chi connectivity index (χ1v) is 10.1. The average molecular weight is 412 g/mol. The van der Waals surface area contributed by atoms with Gasteiger partial charge in [0.25, 0.3) is 5.91 Å². The van der Waals surface area contributed by atoms with Crippen LogP contribution in [-0.2, 0) is 0 Å². The van der Waals surface area contributed by atoms with Crippen molar-refractivity contribution in [2.24, 2.45) is 0 Å². The summed E-state index contributed by atoms with van der Waals surface area (Å²) < 4.78 is 11.0. The van der Waals surface area contributed by atoms with Crippen molar-refractivity contribution in [2.75, 3.05) is 19.5 Å². The molecule has 0 aliphatic carbocycles. The lowest BCUT2D eigenvalue weighted by Crippen LogP contribution is -2.13. The number of rotatable bonds is 5. The quantitative estimate of drug-likeness (QED) is 0.414. The summed E-state index contributed by atoms with van der Waals surface area (Å²) in [5.41, 5.74) is 5.58. The SMILES string of the molecule is COc1cc2cc(C(=O)Nc3ccccc3C)cc(-c3ccc(C)cc3)c2cc1OC. The minimum Gasteiger partial charge on any atom is -0.493 e. The van der Waals surface area contributed by atoms with Crippen LogP contribution in [0.25, 0.3) is 21.9 Å². The van der Waals surface area contributed by atoms with E-state index in [4.69, 9.17) is 9.47 Å². The highest BCUT2D eigenvalue weighted by atomic mass is 16.5. The largest absolute Gasteiger partial charge is 0.493 e. The molecule has 0 aliphatic rings. The lowest BCUT2D eigenvalue weighted by atomic mass is 9.94. The highest BCUT2D eigenvalue weighted by Gasteiger charge is 2.16. The lowest BCUT2D eigenvalue weighted by molar-refractivity contribution is 0.102. The molecule has 0 fully saturated rings. The van der Waals surface area contributed by atoms with Crippen LogP contribution in [0.2, 0.25) is 0 Å². The smallest absolute Gasteiger partial charge is 0.255 e. The van der Waals surface area contributed by atoms with Gasteiger partial charge in [0, 0.05) is 11.3 Å². The third-order valence-corrected chi connectivity index (χ3v) is 5.47. The van der Waals surface area contributed by atoms with Gasteiger partial charge in [0.2, 0.25) is 0 Å². The molecule has 4 rings (SSSR count). The minimum absolute atomic E-state index is 0.153. The summed E-state index contributed by atoms with van der Waals surface area (Å²) in [6.45, 7) is 4.03.